The van der Waals surface area contributed by atoms with Gasteiger partial charge in [0.2, 0.25) is 0 Å². The van der Waals surface area contributed by atoms with Gasteiger partial charge in [-0.25, -0.2) is 4.79 Å². The molecular formula is C20H23N7O. The van der Waals surface area contributed by atoms with Crippen LogP contribution in [0.4, 0.5) is 10.6 Å². The number of nitrogens with one attached hydrogen (secondary N) is 1. The number of amides is 2. The molecule has 2 saturated heterocycles. The SMILES string of the molecule is Cn1cc(-c2ccc3nnc(NC(=O)N4C5CC[C@H]4CC(N)C5)cc3c2)cn1. The van der Waals surface area contributed by atoms with Crippen LogP contribution >= 0.6 is 0 Å². The van der Waals surface area contributed by atoms with Crippen molar-refractivity contribution >= 4 is 22.8 Å². The van der Waals surface area contributed by atoms with E-state index in [9.17, 15) is 4.79 Å². The Labute approximate surface area is 162 Å². The van der Waals surface area contributed by atoms with Crippen molar-refractivity contribution in [1.82, 2.24) is 24.9 Å². The third-order valence-electron chi connectivity index (χ3n) is 5.86. The number of benzene rings is 1. The number of aromatic nitrogens is 4. The van der Waals surface area contributed by atoms with Crippen LogP contribution < -0.4 is 11.1 Å². The van der Waals surface area contributed by atoms with Crippen LogP contribution in [0.3, 0.4) is 0 Å². The van der Waals surface area contributed by atoms with Crippen molar-refractivity contribution in [1.29, 1.82) is 0 Å². The Bertz CT molecular complexity index is 1030. The van der Waals surface area contributed by atoms with E-state index in [1.54, 1.807) is 4.68 Å². The van der Waals surface area contributed by atoms with Crippen molar-refractivity contribution in [2.24, 2.45) is 12.8 Å². The van der Waals surface area contributed by atoms with Crippen molar-refractivity contribution in [2.75, 3.05) is 5.32 Å². The average Bonchev–Trinajstić information content (AvgIpc) is 3.22. The lowest BCUT2D eigenvalue weighted by Gasteiger charge is -2.37. The lowest BCUT2D eigenvalue weighted by Crippen LogP contribution is -2.51. The van der Waals surface area contributed by atoms with Gasteiger partial charge >= 0.3 is 6.03 Å². The molecule has 144 valence electrons. The van der Waals surface area contributed by atoms with Crippen LogP contribution in [0.25, 0.3) is 22.0 Å². The maximum atomic E-state index is 12.9. The summed E-state index contributed by atoms with van der Waals surface area (Å²) in [6, 6.07) is 8.42. The van der Waals surface area contributed by atoms with Gasteiger partial charge in [0.25, 0.3) is 0 Å². The number of urea groups is 1. The van der Waals surface area contributed by atoms with E-state index >= 15 is 0 Å². The predicted molar refractivity (Wildman–Crippen MR) is 107 cm³/mol. The van der Waals surface area contributed by atoms with Gasteiger partial charge in [0.05, 0.1) is 11.7 Å². The second kappa shape index (κ2) is 6.56. The van der Waals surface area contributed by atoms with Gasteiger partial charge in [-0.1, -0.05) is 6.07 Å². The first kappa shape index (κ1) is 17.1. The summed E-state index contributed by atoms with van der Waals surface area (Å²) in [5.41, 5.74) is 8.98. The van der Waals surface area contributed by atoms with Gasteiger partial charge in [-0.15, -0.1) is 10.2 Å². The molecule has 0 spiro atoms. The van der Waals surface area contributed by atoms with E-state index in [1.165, 1.54) is 0 Å². The number of nitrogens with two attached hydrogens (primary N) is 1. The first-order valence-corrected chi connectivity index (χ1v) is 9.68. The van der Waals surface area contributed by atoms with Crippen molar-refractivity contribution in [3.63, 3.8) is 0 Å². The number of anilines is 1. The van der Waals surface area contributed by atoms with Crippen LogP contribution in [0.2, 0.25) is 0 Å². The monoisotopic (exact) mass is 377 g/mol. The standard InChI is InChI=1S/C20H23N7O/c1-26-11-14(10-22-26)12-2-5-18-13(6-12)7-19(25-24-18)23-20(28)27-16-3-4-17(27)9-15(21)8-16/h2,5-7,10-11,15-17H,3-4,8-9,21H2,1H3,(H,23,25,28)/t15?,16-,17?/m0/s1. The predicted octanol–water partition coefficient (Wildman–Crippen LogP) is 2.52. The summed E-state index contributed by atoms with van der Waals surface area (Å²) in [5, 5.41) is 16.5. The van der Waals surface area contributed by atoms with Crippen LogP contribution in [0.5, 0.6) is 0 Å². The molecule has 3 atom stereocenters. The van der Waals surface area contributed by atoms with E-state index in [0.717, 1.165) is 47.7 Å². The molecule has 2 aliphatic rings. The highest BCUT2D eigenvalue weighted by molar-refractivity contribution is 5.92. The average molecular weight is 377 g/mol. The molecule has 2 aromatic heterocycles. The van der Waals surface area contributed by atoms with Gasteiger partial charge in [-0.05, 0) is 49.4 Å². The van der Waals surface area contributed by atoms with E-state index in [0.29, 0.717) is 5.82 Å². The molecule has 0 aliphatic carbocycles. The van der Waals surface area contributed by atoms with E-state index in [1.807, 2.05) is 48.6 Å². The summed E-state index contributed by atoms with van der Waals surface area (Å²) < 4.78 is 1.77. The first-order valence-electron chi connectivity index (χ1n) is 9.68. The van der Waals surface area contributed by atoms with Crippen molar-refractivity contribution in [3.8, 4) is 11.1 Å². The molecule has 0 saturated carbocycles. The summed E-state index contributed by atoms with van der Waals surface area (Å²) in [6.45, 7) is 0. The number of carbonyl (C=O) groups is 1. The molecular weight excluding hydrogens is 354 g/mol. The highest BCUT2D eigenvalue weighted by Gasteiger charge is 2.42. The maximum absolute atomic E-state index is 12.9. The molecule has 2 aliphatic heterocycles. The number of hydrogen-bond donors (Lipinski definition) is 2. The molecule has 2 fully saturated rings. The lowest BCUT2D eigenvalue weighted by atomic mass is 9.99. The molecule has 1 aromatic carbocycles. The minimum atomic E-state index is -0.100. The van der Waals surface area contributed by atoms with Crippen molar-refractivity contribution < 1.29 is 4.79 Å². The number of hydrogen-bond acceptors (Lipinski definition) is 5. The normalized spacial score (nSPS) is 23.9. The van der Waals surface area contributed by atoms with Crippen LogP contribution in [-0.4, -0.2) is 49.0 Å². The smallest absolute Gasteiger partial charge is 0.323 e. The minimum Gasteiger partial charge on any atom is -0.328 e. The fourth-order valence-corrected chi connectivity index (χ4v) is 4.58. The van der Waals surface area contributed by atoms with Crippen molar-refractivity contribution in [2.45, 2.75) is 43.8 Å². The fourth-order valence-electron chi connectivity index (χ4n) is 4.58. The topological polar surface area (TPSA) is 102 Å². The van der Waals surface area contributed by atoms with E-state index in [-0.39, 0.29) is 24.2 Å². The van der Waals surface area contributed by atoms with Crippen LogP contribution in [0, 0.1) is 0 Å². The highest BCUT2D eigenvalue weighted by Crippen LogP contribution is 2.35. The number of nitrogens with zero attached hydrogens (tertiary/aromatic N) is 5. The molecule has 3 N–H and O–H groups in total. The molecule has 3 aromatic rings. The molecule has 8 nitrogen and oxygen atoms in total. The third kappa shape index (κ3) is 2.99. The Morgan fingerprint density at radius 1 is 1.14 bits per heavy atom. The van der Waals surface area contributed by atoms with Gasteiger partial charge < -0.3 is 10.6 Å². The minimum absolute atomic E-state index is 0.100. The molecule has 5 rings (SSSR count). The largest absolute Gasteiger partial charge is 0.328 e. The fraction of sp³-hybridized carbons (Fsp3) is 0.400. The highest BCUT2D eigenvalue weighted by atomic mass is 16.2. The second-order valence-electron chi connectivity index (χ2n) is 7.86. The number of fused-ring (bicyclic) bond motifs is 3. The Morgan fingerprint density at radius 2 is 1.93 bits per heavy atom. The Kier molecular flexibility index (Phi) is 4.01. The zero-order chi connectivity index (χ0) is 19.3. The van der Waals surface area contributed by atoms with Gasteiger partial charge in [-0.2, -0.15) is 5.10 Å². The maximum Gasteiger partial charge on any atom is 0.323 e. The Balaban J connectivity index is 1.39. The zero-order valence-corrected chi connectivity index (χ0v) is 15.7. The number of carbonyl (C=O) groups excluding carboxylic acids is 1. The summed E-state index contributed by atoms with van der Waals surface area (Å²) in [6.07, 6.45) is 7.61. The van der Waals surface area contributed by atoms with Crippen LogP contribution in [0.1, 0.15) is 25.7 Å². The molecule has 2 unspecified atom stereocenters. The summed E-state index contributed by atoms with van der Waals surface area (Å²) in [4.78, 5) is 14.8. The summed E-state index contributed by atoms with van der Waals surface area (Å²) >= 11 is 0. The zero-order valence-electron chi connectivity index (χ0n) is 15.7. The molecule has 0 radical (unpaired) electrons. The Morgan fingerprint density at radius 3 is 2.64 bits per heavy atom. The lowest BCUT2D eigenvalue weighted by molar-refractivity contribution is 0.150. The molecule has 4 heterocycles. The van der Waals surface area contributed by atoms with Gasteiger partial charge in [0.1, 0.15) is 0 Å². The van der Waals surface area contributed by atoms with Crippen molar-refractivity contribution in [3.05, 3.63) is 36.7 Å². The third-order valence-corrected chi connectivity index (χ3v) is 5.86. The van der Waals surface area contributed by atoms with Gasteiger partial charge in [-0.3, -0.25) is 10.00 Å². The summed E-state index contributed by atoms with van der Waals surface area (Å²) in [7, 11) is 1.89. The summed E-state index contributed by atoms with van der Waals surface area (Å²) in [5.74, 6) is 0.468. The van der Waals surface area contributed by atoms with E-state index in [2.05, 4.69) is 20.6 Å². The van der Waals surface area contributed by atoms with Crippen LogP contribution in [0.15, 0.2) is 36.7 Å². The molecule has 2 bridgehead atoms. The molecule has 2 amide bonds. The van der Waals surface area contributed by atoms with Gasteiger partial charge in [0, 0.05) is 42.3 Å². The number of aryl methyl sites for hydroxylation is 1. The quantitative estimate of drug-likeness (QED) is 0.714. The molecule has 28 heavy (non-hydrogen) atoms. The van der Waals surface area contributed by atoms with Crippen LogP contribution in [-0.2, 0) is 7.05 Å². The van der Waals surface area contributed by atoms with E-state index < -0.39 is 0 Å². The van der Waals surface area contributed by atoms with Gasteiger partial charge in [0.15, 0.2) is 5.82 Å². The second-order valence-corrected chi connectivity index (χ2v) is 7.86. The number of piperidine rings is 1. The Hall–Kier alpha value is -3.00. The van der Waals surface area contributed by atoms with E-state index in [4.69, 9.17) is 5.73 Å². The first-order chi connectivity index (χ1) is 13.6. The molecule has 8 heteroatoms. The number of rotatable bonds is 2.